The van der Waals surface area contributed by atoms with Gasteiger partial charge in [0.1, 0.15) is 0 Å². The van der Waals surface area contributed by atoms with E-state index in [1.807, 2.05) is 6.07 Å². The minimum Gasteiger partial charge on any atom is -0.370 e. The van der Waals surface area contributed by atoms with Gasteiger partial charge in [-0.25, -0.2) is 21.1 Å². The van der Waals surface area contributed by atoms with Crippen molar-refractivity contribution in [2.75, 3.05) is 36.8 Å². The third-order valence-corrected chi connectivity index (χ3v) is 9.09. The Bertz CT molecular complexity index is 1130. The minimum atomic E-state index is -3.93. The Balaban J connectivity index is 1.87. The summed E-state index contributed by atoms with van der Waals surface area (Å²) in [5.41, 5.74) is 1.20. The van der Waals surface area contributed by atoms with Crippen molar-refractivity contribution in [1.29, 1.82) is 0 Å². The summed E-state index contributed by atoms with van der Waals surface area (Å²) in [6, 6.07) is 10.3. The largest absolute Gasteiger partial charge is 0.370 e. The Morgan fingerprint density at radius 2 is 1.58 bits per heavy atom. The van der Waals surface area contributed by atoms with Crippen molar-refractivity contribution in [1.82, 2.24) is 4.31 Å². The van der Waals surface area contributed by atoms with Crippen molar-refractivity contribution in [3.05, 3.63) is 47.5 Å². The molecule has 10 heteroatoms. The molecule has 0 bridgehead atoms. The maximum absolute atomic E-state index is 13.0. The molecule has 3 rings (SSSR count). The Morgan fingerprint density at radius 3 is 2.13 bits per heavy atom. The minimum absolute atomic E-state index is 0.0266. The van der Waals surface area contributed by atoms with E-state index >= 15 is 0 Å². The molecule has 0 aromatic heterocycles. The highest BCUT2D eigenvalue weighted by Gasteiger charge is 2.24. The van der Waals surface area contributed by atoms with Crippen molar-refractivity contribution in [3.63, 3.8) is 0 Å². The third kappa shape index (κ3) is 5.34. The Morgan fingerprint density at radius 1 is 1.00 bits per heavy atom. The van der Waals surface area contributed by atoms with Crippen LogP contribution in [-0.2, 0) is 20.0 Å². The van der Waals surface area contributed by atoms with E-state index in [2.05, 4.69) is 16.5 Å². The maximum Gasteiger partial charge on any atom is 0.261 e. The van der Waals surface area contributed by atoms with Gasteiger partial charge >= 0.3 is 0 Å². The number of nitrogens with one attached hydrogen (secondary N) is 1. The van der Waals surface area contributed by atoms with E-state index in [1.54, 1.807) is 12.1 Å². The molecule has 2 aromatic carbocycles. The molecule has 1 aliphatic heterocycles. The molecule has 1 fully saturated rings. The fourth-order valence-electron chi connectivity index (χ4n) is 3.65. The molecule has 170 valence electrons. The molecule has 1 heterocycles. The summed E-state index contributed by atoms with van der Waals surface area (Å²) in [5.74, 6) is 0.695. The molecule has 0 atom stereocenters. The fraction of sp³-hybridized carbons (Fsp3) is 0.429. The number of piperidine rings is 1. The van der Waals surface area contributed by atoms with Gasteiger partial charge in [-0.1, -0.05) is 24.9 Å². The zero-order valence-corrected chi connectivity index (χ0v) is 20.3. The van der Waals surface area contributed by atoms with Gasteiger partial charge in [-0.05, 0) is 61.2 Å². The predicted molar refractivity (Wildman–Crippen MR) is 125 cm³/mol. The molecule has 1 aliphatic rings. The topological polar surface area (TPSA) is 86.8 Å². The number of hydrogen-bond acceptors (Lipinski definition) is 5. The number of rotatable bonds is 7. The van der Waals surface area contributed by atoms with E-state index in [9.17, 15) is 16.8 Å². The van der Waals surface area contributed by atoms with E-state index in [0.717, 1.165) is 42.3 Å². The zero-order valence-electron chi connectivity index (χ0n) is 17.9. The first-order valence-corrected chi connectivity index (χ1v) is 13.4. The van der Waals surface area contributed by atoms with E-state index in [0.29, 0.717) is 16.6 Å². The molecule has 2 aromatic rings. The number of benzene rings is 2. The zero-order chi connectivity index (χ0) is 22.8. The number of nitrogens with zero attached hydrogens (tertiary/aromatic N) is 2. The highest BCUT2D eigenvalue weighted by atomic mass is 35.5. The summed E-state index contributed by atoms with van der Waals surface area (Å²) in [7, 11) is -4.73. The van der Waals surface area contributed by atoms with Crippen molar-refractivity contribution >= 4 is 43.0 Å². The fourth-order valence-corrected chi connectivity index (χ4v) is 5.79. The van der Waals surface area contributed by atoms with Gasteiger partial charge in [0, 0.05) is 32.2 Å². The molecule has 0 aliphatic carbocycles. The molecule has 31 heavy (non-hydrogen) atoms. The van der Waals surface area contributed by atoms with Crippen LogP contribution in [0.3, 0.4) is 0 Å². The van der Waals surface area contributed by atoms with Gasteiger partial charge in [0.2, 0.25) is 10.0 Å². The second kappa shape index (κ2) is 9.36. The van der Waals surface area contributed by atoms with E-state index in [-0.39, 0.29) is 9.79 Å². The second-order valence-electron chi connectivity index (χ2n) is 7.86. The number of sulfonamides is 2. The van der Waals surface area contributed by atoms with Gasteiger partial charge in [0.05, 0.1) is 21.2 Å². The molecular weight excluding hydrogens is 458 g/mol. The Labute approximate surface area is 190 Å². The SMILES string of the molecule is CCC1CCN(c2ccc(Cl)cc2NS(=O)(=O)c2ccc(S(=O)(=O)N(C)C)cc2)CC1. The lowest BCUT2D eigenvalue weighted by Crippen LogP contribution is -2.34. The summed E-state index contributed by atoms with van der Waals surface area (Å²) >= 11 is 6.15. The van der Waals surface area contributed by atoms with Crippen LogP contribution in [0.25, 0.3) is 0 Å². The van der Waals surface area contributed by atoms with Gasteiger partial charge in [0.15, 0.2) is 0 Å². The first kappa shape index (κ1) is 23.8. The van der Waals surface area contributed by atoms with Crippen LogP contribution in [-0.4, -0.2) is 48.3 Å². The normalized spacial score (nSPS) is 16.0. The van der Waals surface area contributed by atoms with Gasteiger partial charge in [0.25, 0.3) is 10.0 Å². The molecule has 1 saturated heterocycles. The first-order valence-electron chi connectivity index (χ1n) is 10.1. The van der Waals surface area contributed by atoms with Crippen LogP contribution < -0.4 is 9.62 Å². The van der Waals surface area contributed by atoms with Gasteiger partial charge in [-0.3, -0.25) is 4.72 Å². The van der Waals surface area contributed by atoms with Crippen LogP contribution in [0, 0.1) is 5.92 Å². The van der Waals surface area contributed by atoms with Gasteiger partial charge in [-0.15, -0.1) is 0 Å². The van der Waals surface area contributed by atoms with Gasteiger partial charge < -0.3 is 4.90 Å². The molecule has 0 spiro atoms. The molecule has 0 radical (unpaired) electrons. The lowest BCUT2D eigenvalue weighted by Gasteiger charge is -2.34. The average Bonchev–Trinajstić information content (AvgIpc) is 2.74. The summed E-state index contributed by atoms with van der Waals surface area (Å²) in [6.07, 6.45) is 3.27. The van der Waals surface area contributed by atoms with Crippen LogP contribution in [0.2, 0.25) is 5.02 Å². The number of anilines is 2. The third-order valence-electron chi connectivity index (χ3n) is 5.65. The Hall–Kier alpha value is -1.81. The van der Waals surface area contributed by atoms with Crippen LogP contribution in [0.4, 0.5) is 11.4 Å². The predicted octanol–water partition coefficient (Wildman–Crippen LogP) is 4.02. The monoisotopic (exact) mass is 485 g/mol. The average molecular weight is 486 g/mol. The summed E-state index contributed by atoms with van der Waals surface area (Å²) in [6.45, 7) is 3.90. The molecular formula is C21H28ClN3O4S2. The highest BCUT2D eigenvalue weighted by molar-refractivity contribution is 7.92. The van der Waals surface area contributed by atoms with E-state index < -0.39 is 20.0 Å². The number of halogens is 1. The Kier molecular flexibility index (Phi) is 7.20. The van der Waals surface area contributed by atoms with Crippen LogP contribution in [0.5, 0.6) is 0 Å². The smallest absolute Gasteiger partial charge is 0.261 e. The standard InChI is InChI=1S/C21H28ClN3O4S2/c1-4-16-11-13-25(14-12-16)21-10-5-17(22)15-20(21)23-30(26,27)18-6-8-19(9-7-18)31(28,29)24(2)3/h5-10,15-16,23H,4,11-14H2,1-3H3. The van der Waals surface area contributed by atoms with Crippen molar-refractivity contribution in [3.8, 4) is 0 Å². The van der Waals surface area contributed by atoms with Crippen LogP contribution in [0.1, 0.15) is 26.2 Å². The molecule has 0 amide bonds. The van der Waals surface area contributed by atoms with Crippen molar-refractivity contribution in [2.45, 2.75) is 36.0 Å². The van der Waals surface area contributed by atoms with Gasteiger partial charge in [-0.2, -0.15) is 0 Å². The quantitative estimate of drug-likeness (QED) is 0.640. The summed E-state index contributed by atoms with van der Waals surface area (Å²) in [4.78, 5) is 2.17. The summed E-state index contributed by atoms with van der Waals surface area (Å²) in [5, 5.41) is 0.428. The van der Waals surface area contributed by atoms with Crippen molar-refractivity contribution < 1.29 is 16.8 Å². The summed E-state index contributed by atoms with van der Waals surface area (Å²) < 4.78 is 54.2. The second-order valence-corrected chi connectivity index (χ2v) is 12.1. The lowest BCUT2D eigenvalue weighted by atomic mass is 9.94. The van der Waals surface area contributed by atoms with Crippen molar-refractivity contribution in [2.24, 2.45) is 5.92 Å². The van der Waals surface area contributed by atoms with Crippen LogP contribution >= 0.6 is 11.6 Å². The van der Waals surface area contributed by atoms with E-state index in [1.165, 1.54) is 38.4 Å². The highest BCUT2D eigenvalue weighted by Crippen LogP contribution is 2.34. The first-order chi connectivity index (χ1) is 14.5. The molecule has 7 nitrogen and oxygen atoms in total. The molecule has 1 N–H and O–H groups in total. The maximum atomic E-state index is 13.0. The lowest BCUT2D eigenvalue weighted by molar-refractivity contribution is 0.395. The molecule has 0 unspecified atom stereocenters. The van der Waals surface area contributed by atoms with E-state index in [4.69, 9.17) is 11.6 Å². The van der Waals surface area contributed by atoms with Crippen LogP contribution in [0.15, 0.2) is 52.3 Å². The molecule has 0 saturated carbocycles. The number of hydrogen-bond donors (Lipinski definition) is 1.